The molecule has 2 unspecified atom stereocenters. The zero-order chi connectivity index (χ0) is 14.7. The van der Waals surface area contributed by atoms with Gasteiger partial charge in [-0.1, -0.05) is 25.8 Å². The van der Waals surface area contributed by atoms with Crippen LogP contribution >= 0.6 is 0 Å². The largest absolute Gasteiger partial charge is 0.385 e. The Balaban J connectivity index is 1.54. The van der Waals surface area contributed by atoms with E-state index in [0.717, 1.165) is 42.5 Å². The highest BCUT2D eigenvalue weighted by Gasteiger charge is 2.24. The minimum absolute atomic E-state index is 0.0624. The van der Waals surface area contributed by atoms with E-state index in [4.69, 9.17) is 0 Å². The van der Waals surface area contributed by atoms with Crippen molar-refractivity contribution in [1.82, 2.24) is 5.32 Å². The molecule has 3 nitrogen and oxygen atoms in total. The van der Waals surface area contributed by atoms with Gasteiger partial charge in [-0.3, -0.25) is 4.79 Å². The summed E-state index contributed by atoms with van der Waals surface area (Å²) in [5.74, 6) is 1.70. The minimum atomic E-state index is 0.0624. The van der Waals surface area contributed by atoms with Crippen LogP contribution < -0.4 is 10.6 Å². The van der Waals surface area contributed by atoms with Crippen LogP contribution in [-0.4, -0.2) is 18.5 Å². The highest BCUT2D eigenvalue weighted by atomic mass is 16.1. The number of rotatable bonds is 5. The Morgan fingerprint density at radius 3 is 2.86 bits per heavy atom. The van der Waals surface area contributed by atoms with Crippen molar-refractivity contribution in [2.75, 3.05) is 11.9 Å². The van der Waals surface area contributed by atoms with E-state index in [1.807, 2.05) is 18.2 Å². The lowest BCUT2D eigenvalue weighted by Gasteiger charge is -2.27. The Hall–Kier alpha value is -1.51. The first-order valence-corrected chi connectivity index (χ1v) is 8.35. The lowest BCUT2D eigenvalue weighted by molar-refractivity contribution is 0.0951. The molecule has 0 aliphatic heterocycles. The van der Waals surface area contributed by atoms with E-state index in [0.29, 0.717) is 6.04 Å². The standard InChI is InChI=1S/C18H26N2O/c1-13-4-2-5-14(10-13)12-19-17-7-3-6-15(11-17)18(21)20-16-8-9-16/h3,6-7,11,13-14,16,19H,2,4-5,8-10,12H2,1H3,(H,20,21). The van der Waals surface area contributed by atoms with Crippen molar-refractivity contribution < 1.29 is 4.79 Å². The summed E-state index contributed by atoms with van der Waals surface area (Å²) in [5.41, 5.74) is 1.83. The average Bonchev–Trinajstić information content (AvgIpc) is 3.29. The van der Waals surface area contributed by atoms with Crippen LogP contribution in [0.25, 0.3) is 0 Å². The van der Waals surface area contributed by atoms with Crippen molar-refractivity contribution in [3.05, 3.63) is 29.8 Å². The number of hydrogen-bond acceptors (Lipinski definition) is 2. The van der Waals surface area contributed by atoms with Gasteiger partial charge in [-0.15, -0.1) is 0 Å². The Morgan fingerprint density at radius 1 is 1.24 bits per heavy atom. The summed E-state index contributed by atoms with van der Waals surface area (Å²) in [6.07, 6.45) is 7.66. The minimum Gasteiger partial charge on any atom is -0.385 e. The first-order valence-electron chi connectivity index (χ1n) is 8.35. The van der Waals surface area contributed by atoms with Crippen LogP contribution in [0, 0.1) is 11.8 Å². The number of anilines is 1. The molecule has 1 aromatic rings. The third-order valence-corrected chi connectivity index (χ3v) is 4.68. The lowest BCUT2D eigenvalue weighted by Crippen LogP contribution is -2.25. The Bertz CT molecular complexity index is 496. The first kappa shape index (κ1) is 14.4. The van der Waals surface area contributed by atoms with Crippen molar-refractivity contribution in [1.29, 1.82) is 0 Å². The summed E-state index contributed by atoms with van der Waals surface area (Å²) >= 11 is 0. The molecule has 0 heterocycles. The second-order valence-electron chi connectivity index (χ2n) is 6.85. The molecule has 0 spiro atoms. The van der Waals surface area contributed by atoms with E-state index < -0.39 is 0 Å². The van der Waals surface area contributed by atoms with Crippen LogP contribution in [0.3, 0.4) is 0 Å². The second-order valence-corrected chi connectivity index (χ2v) is 6.85. The summed E-state index contributed by atoms with van der Waals surface area (Å²) in [6.45, 7) is 3.38. The van der Waals surface area contributed by atoms with Crippen LogP contribution in [0.5, 0.6) is 0 Å². The molecule has 2 saturated carbocycles. The van der Waals surface area contributed by atoms with Gasteiger partial charge in [0.05, 0.1) is 0 Å². The molecule has 2 fully saturated rings. The summed E-state index contributed by atoms with van der Waals surface area (Å²) < 4.78 is 0. The van der Waals surface area contributed by atoms with Crippen LogP contribution in [0.15, 0.2) is 24.3 Å². The molecule has 0 radical (unpaired) electrons. The van der Waals surface area contributed by atoms with Crippen molar-refractivity contribution in [2.45, 2.75) is 51.5 Å². The Morgan fingerprint density at radius 2 is 2.10 bits per heavy atom. The maximum Gasteiger partial charge on any atom is 0.251 e. The van der Waals surface area contributed by atoms with Gasteiger partial charge in [0, 0.05) is 23.8 Å². The molecule has 21 heavy (non-hydrogen) atoms. The van der Waals surface area contributed by atoms with Gasteiger partial charge < -0.3 is 10.6 Å². The zero-order valence-corrected chi connectivity index (χ0v) is 12.9. The predicted molar refractivity (Wildman–Crippen MR) is 86.5 cm³/mol. The molecule has 3 rings (SSSR count). The Kier molecular flexibility index (Phi) is 4.47. The van der Waals surface area contributed by atoms with E-state index >= 15 is 0 Å². The molecule has 3 heteroatoms. The smallest absolute Gasteiger partial charge is 0.251 e. The number of nitrogens with one attached hydrogen (secondary N) is 2. The normalized spacial score (nSPS) is 25.4. The molecule has 2 aliphatic carbocycles. The van der Waals surface area contributed by atoms with Gasteiger partial charge in [-0.05, 0) is 55.7 Å². The van der Waals surface area contributed by atoms with Gasteiger partial charge in [0.25, 0.3) is 5.91 Å². The average molecular weight is 286 g/mol. The summed E-state index contributed by atoms with van der Waals surface area (Å²) in [7, 11) is 0. The third kappa shape index (κ3) is 4.23. The maximum absolute atomic E-state index is 12.1. The molecule has 2 atom stereocenters. The van der Waals surface area contributed by atoms with Gasteiger partial charge in [-0.2, -0.15) is 0 Å². The van der Waals surface area contributed by atoms with E-state index in [1.54, 1.807) is 0 Å². The lowest BCUT2D eigenvalue weighted by atomic mass is 9.82. The fraction of sp³-hybridized carbons (Fsp3) is 0.611. The fourth-order valence-corrected chi connectivity index (χ4v) is 3.27. The Labute approximate surface area is 127 Å². The highest BCUT2D eigenvalue weighted by Crippen LogP contribution is 2.28. The van der Waals surface area contributed by atoms with Crippen LogP contribution in [0.1, 0.15) is 55.8 Å². The topological polar surface area (TPSA) is 41.1 Å². The zero-order valence-electron chi connectivity index (χ0n) is 12.9. The van der Waals surface area contributed by atoms with E-state index in [2.05, 4.69) is 23.6 Å². The molecule has 1 aromatic carbocycles. The fourth-order valence-electron chi connectivity index (χ4n) is 3.27. The van der Waals surface area contributed by atoms with Crippen LogP contribution in [0.2, 0.25) is 0 Å². The maximum atomic E-state index is 12.1. The van der Waals surface area contributed by atoms with Crippen molar-refractivity contribution >= 4 is 11.6 Å². The molecular formula is C18H26N2O. The summed E-state index contributed by atoms with van der Waals surface area (Å²) in [6, 6.07) is 8.31. The van der Waals surface area contributed by atoms with Gasteiger partial charge >= 0.3 is 0 Å². The summed E-state index contributed by atoms with van der Waals surface area (Å²) in [4.78, 5) is 12.1. The molecule has 0 aromatic heterocycles. The van der Waals surface area contributed by atoms with E-state index in [-0.39, 0.29) is 5.91 Å². The van der Waals surface area contributed by atoms with Crippen molar-refractivity contribution in [2.24, 2.45) is 11.8 Å². The number of carbonyl (C=O) groups excluding carboxylic acids is 1. The quantitative estimate of drug-likeness (QED) is 0.864. The van der Waals surface area contributed by atoms with Crippen LogP contribution in [0.4, 0.5) is 5.69 Å². The third-order valence-electron chi connectivity index (χ3n) is 4.68. The van der Waals surface area contributed by atoms with Gasteiger partial charge in [0.1, 0.15) is 0 Å². The van der Waals surface area contributed by atoms with E-state index in [1.165, 1.54) is 25.7 Å². The predicted octanol–water partition coefficient (Wildman–Crippen LogP) is 3.82. The number of amides is 1. The second kappa shape index (κ2) is 6.50. The van der Waals surface area contributed by atoms with Crippen molar-refractivity contribution in [3.8, 4) is 0 Å². The van der Waals surface area contributed by atoms with Gasteiger partial charge in [-0.25, -0.2) is 0 Å². The van der Waals surface area contributed by atoms with Gasteiger partial charge in [0.2, 0.25) is 0 Å². The molecule has 2 aliphatic rings. The first-order chi connectivity index (χ1) is 10.2. The number of benzene rings is 1. The molecular weight excluding hydrogens is 260 g/mol. The van der Waals surface area contributed by atoms with E-state index in [9.17, 15) is 4.79 Å². The SMILES string of the molecule is CC1CCCC(CNc2cccc(C(=O)NC3CC3)c2)C1. The van der Waals surface area contributed by atoms with Gasteiger partial charge in [0.15, 0.2) is 0 Å². The summed E-state index contributed by atoms with van der Waals surface area (Å²) in [5, 5.41) is 6.56. The monoisotopic (exact) mass is 286 g/mol. The number of hydrogen-bond donors (Lipinski definition) is 2. The van der Waals surface area contributed by atoms with Crippen molar-refractivity contribution in [3.63, 3.8) is 0 Å². The molecule has 2 N–H and O–H groups in total. The molecule has 1 amide bonds. The molecule has 0 bridgehead atoms. The molecule has 114 valence electrons. The number of carbonyl (C=O) groups is 1. The highest BCUT2D eigenvalue weighted by molar-refractivity contribution is 5.95. The molecule has 0 saturated heterocycles. The van der Waals surface area contributed by atoms with Crippen LogP contribution in [-0.2, 0) is 0 Å².